The van der Waals surface area contributed by atoms with Crippen molar-refractivity contribution in [2.45, 2.75) is 36.5 Å². The second kappa shape index (κ2) is 5.85. The Kier molecular flexibility index (Phi) is 4.98. The quantitative estimate of drug-likeness (QED) is 0.898. The van der Waals surface area contributed by atoms with Crippen molar-refractivity contribution < 1.29 is 8.42 Å². The van der Waals surface area contributed by atoms with Gasteiger partial charge in [0.2, 0.25) is 0 Å². The number of nitrogens with one attached hydrogen (secondary N) is 1. The zero-order valence-corrected chi connectivity index (χ0v) is 11.8. The maximum Gasteiger partial charge on any atom is 0.182 e. The molecule has 1 N–H and O–H groups in total. The summed E-state index contributed by atoms with van der Waals surface area (Å²) in [5.41, 5.74) is 0. The lowest BCUT2D eigenvalue weighted by Crippen LogP contribution is -2.40. The van der Waals surface area contributed by atoms with E-state index in [1.165, 1.54) is 6.07 Å². The third-order valence-corrected chi connectivity index (χ3v) is 5.44. The van der Waals surface area contributed by atoms with E-state index in [9.17, 15) is 8.42 Å². The van der Waals surface area contributed by atoms with E-state index in [2.05, 4.69) is 5.32 Å². The molecule has 2 unspecified atom stereocenters. The summed E-state index contributed by atoms with van der Waals surface area (Å²) >= 11 is 5.82. The van der Waals surface area contributed by atoms with E-state index in [0.29, 0.717) is 5.02 Å². The van der Waals surface area contributed by atoms with Crippen molar-refractivity contribution >= 4 is 21.4 Å². The summed E-state index contributed by atoms with van der Waals surface area (Å²) in [4.78, 5) is 0.284. The normalized spacial score (nSPS) is 15.5. The van der Waals surface area contributed by atoms with Gasteiger partial charge in [0.1, 0.15) is 0 Å². The van der Waals surface area contributed by atoms with Crippen LogP contribution in [0.25, 0.3) is 0 Å². The summed E-state index contributed by atoms with van der Waals surface area (Å²) in [6.45, 7) is 3.69. The molecule has 96 valence electrons. The molecule has 0 saturated carbocycles. The Morgan fingerprint density at radius 2 is 2.06 bits per heavy atom. The first-order chi connectivity index (χ1) is 7.93. The van der Waals surface area contributed by atoms with Crippen molar-refractivity contribution in [3.8, 4) is 0 Å². The molecule has 5 heteroatoms. The van der Waals surface area contributed by atoms with Crippen LogP contribution >= 0.6 is 11.6 Å². The topological polar surface area (TPSA) is 46.2 Å². The second-order valence-corrected chi connectivity index (χ2v) is 6.75. The van der Waals surface area contributed by atoms with Gasteiger partial charge in [-0.3, -0.25) is 0 Å². The lowest BCUT2D eigenvalue weighted by Gasteiger charge is -2.22. The van der Waals surface area contributed by atoms with Crippen LogP contribution in [-0.2, 0) is 9.84 Å². The largest absolute Gasteiger partial charge is 0.316 e. The number of halogens is 1. The number of hydrogen-bond acceptors (Lipinski definition) is 3. The molecule has 0 fully saturated rings. The van der Waals surface area contributed by atoms with Crippen molar-refractivity contribution in [2.24, 2.45) is 0 Å². The Balaban J connectivity index is 3.11. The molecule has 17 heavy (non-hydrogen) atoms. The van der Waals surface area contributed by atoms with Gasteiger partial charge in [-0.15, -0.1) is 0 Å². The molecule has 0 aliphatic carbocycles. The predicted molar refractivity (Wildman–Crippen MR) is 71.2 cm³/mol. The van der Waals surface area contributed by atoms with Crippen molar-refractivity contribution in [1.29, 1.82) is 0 Å². The van der Waals surface area contributed by atoms with Crippen LogP contribution in [0.15, 0.2) is 29.2 Å². The molecular weight excluding hydrogens is 258 g/mol. The van der Waals surface area contributed by atoms with Crippen LogP contribution in [0.5, 0.6) is 0 Å². The highest BCUT2D eigenvalue weighted by atomic mass is 35.5. The third-order valence-electron chi connectivity index (χ3n) is 2.99. The summed E-state index contributed by atoms with van der Waals surface area (Å²) in [5, 5.41) is 2.99. The van der Waals surface area contributed by atoms with Gasteiger partial charge in [0.25, 0.3) is 0 Å². The number of benzene rings is 1. The SMILES string of the molecule is CCC(NC)C(C)S(=O)(=O)c1cccc(Cl)c1. The van der Waals surface area contributed by atoms with Crippen LogP contribution in [0.1, 0.15) is 20.3 Å². The Hall–Kier alpha value is -0.580. The van der Waals surface area contributed by atoms with Gasteiger partial charge in [-0.25, -0.2) is 8.42 Å². The van der Waals surface area contributed by atoms with Crippen LogP contribution in [0.4, 0.5) is 0 Å². The Morgan fingerprint density at radius 3 is 2.53 bits per heavy atom. The summed E-state index contributed by atoms with van der Waals surface area (Å²) in [6, 6.07) is 6.35. The van der Waals surface area contributed by atoms with Gasteiger partial charge >= 0.3 is 0 Å². The lowest BCUT2D eigenvalue weighted by atomic mass is 10.2. The maximum atomic E-state index is 12.3. The minimum Gasteiger partial charge on any atom is -0.316 e. The minimum absolute atomic E-state index is 0.0565. The maximum absolute atomic E-state index is 12.3. The molecule has 0 amide bonds. The fraction of sp³-hybridized carbons (Fsp3) is 0.500. The van der Waals surface area contributed by atoms with Gasteiger partial charge in [0.05, 0.1) is 10.1 Å². The Labute approximate surface area is 108 Å². The average molecular weight is 276 g/mol. The molecular formula is C12H18ClNO2S. The van der Waals surface area contributed by atoms with E-state index in [-0.39, 0.29) is 10.9 Å². The van der Waals surface area contributed by atoms with Gasteiger partial charge in [-0.05, 0) is 38.6 Å². The molecule has 1 aromatic rings. The van der Waals surface area contributed by atoms with E-state index in [1.807, 2.05) is 6.92 Å². The molecule has 1 aromatic carbocycles. The van der Waals surface area contributed by atoms with Gasteiger partial charge in [0, 0.05) is 11.1 Å². The summed E-state index contributed by atoms with van der Waals surface area (Å²) < 4.78 is 24.7. The first-order valence-electron chi connectivity index (χ1n) is 5.60. The molecule has 0 aliphatic rings. The van der Waals surface area contributed by atoms with Crippen molar-refractivity contribution in [2.75, 3.05) is 7.05 Å². The summed E-state index contributed by atoms with van der Waals surface area (Å²) in [7, 11) is -1.56. The van der Waals surface area contributed by atoms with Gasteiger partial charge < -0.3 is 5.32 Å². The molecule has 0 bridgehead atoms. The zero-order valence-electron chi connectivity index (χ0n) is 10.3. The van der Waals surface area contributed by atoms with Gasteiger partial charge in [0.15, 0.2) is 9.84 Å². The number of hydrogen-bond donors (Lipinski definition) is 1. The fourth-order valence-corrected chi connectivity index (χ4v) is 3.85. The van der Waals surface area contributed by atoms with Crippen molar-refractivity contribution in [1.82, 2.24) is 5.32 Å². The highest BCUT2D eigenvalue weighted by Crippen LogP contribution is 2.22. The molecule has 0 radical (unpaired) electrons. The van der Waals surface area contributed by atoms with Crippen LogP contribution < -0.4 is 5.32 Å². The smallest absolute Gasteiger partial charge is 0.182 e. The first-order valence-corrected chi connectivity index (χ1v) is 7.52. The highest BCUT2D eigenvalue weighted by molar-refractivity contribution is 7.92. The van der Waals surface area contributed by atoms with Crippen molar-refractivity contribution in [3.63, 3.8) is 0 Å². The van der Waals surface area contributed by atoms with E-state index >= 15 is 0 Å². The van der Waals surface area contributed by atoms with Crippen molar-refractivity contribution in [3.05, 3.63) is 29.3 Å². The molecule has 0 spiro atoms. The zero-order chi connectivity index (χ0) is 13.1. The van der Waals surface area contributed by atoms with Crippen LogP contribution in [0.2, 0.25) is 5.02 Å². The van der Waals surface area contributed by atoms with Crippen LogP contribution in [-0.4, -0.2) is 26.8 Å². The number of sulfone groups is 1. The molecule has 0 saturated heterocycles. The van der Waals surface area contributed by atoms with Crippen LogP contribution in [0.3, 0.4) is 0 Å². The van der Waals surface area contributed by atoms with Crippen LogP contribution in [0, 0.1) is 0 Å². The Morgan fingerprint density at radius 1 is 1.41 bits per heavy atom. The summed E-state index contributed by atoms with van der Waals surface area (Å²) in [6.07, 6.45) is 0.761. The second-order valence-electron chi connectivity index (χ2n) is 4.01. The molecule has 0 aromatic heterocycles. The predicted octanol–water partition coefficient (Wildman–Crippen LogP) is 2.50. The summed E-state index contributed by atoms with van der Waals surface area (Å²) in [5.74, 6) is 0. The highest BCUT2D eigenvalue weighted by Gasteiger charge is 2.29. The molecule has 0 aliphatic heterocycles. The minimum atomic E-state index is -3.33. The average Bonchev–Trinajstić information content (AvgIpc) is 2.30. The standard InChI is InChI=1S/C12H18ClNO2S/c1-4-12(14-3)9(2)17(15,16)11-7-5-6-10(13)8-11/h5-9,12,14H,4H2,1-3H3. The van der Waals surface area contributed by atoms with E-state index in [1.54, 1.807) is 32.2 Å². The first kappa shape index (κ1) is 14.5. The van der Waals surface area contributed by atoms with E-state index in [0.717, 1.165) is 6.42 Å². The van der Waals surface area contributed by atoms with Gasteiger partial charge in [-0.1, -0.05) is 24.6 Å². The molecule has 1 rings (SSSR count). The lowest BCUT2D eigenvalue weighted by molar-refractivity contribution is 0.505. The fourth-order valence-electron chi connectivity index (χ4n) is 1.85. The van der Waals surface area contributed by atoms with E-state index < -0.39 is 15.1 Å². The third kappa shape index (κ3) is 3.21. The molecule has 3 nitrogen and oxygen atoms in total. The Bertz CT molecular complexity index is 469. The monoisotopic (exact) mass is 275 g/mol. The van der Waals surface area contributed by atoms with Gasteiger partial charge in [-0.2, -0.15) is 0 Å². The van der Waals surface area contributed by atoms with E-state index in [4.69, 9.17) is 11.6 Å². The number of rotatable bonds is 5. The molecule has 0 heterocycles. The molecule has 2 atom stereocenters.